The van der Waals surface area contributed by atoms with Gasteiger partial charge in [-0.2, -0.15) is 0 Å². The van der Waals surface area contributed by atoms with Gasteiger partial charge in [-0.15, -0.1) is 0 Å². The molecule has 1 fully saturated rings. The van der Waals surface area contributed by atoms with Crippen molar-refractivity contribution in [1.29, 1.82) is 0 Å². The van der Waals surface area contributed by atoms with E-state index in [0.717, 1.165) is 49.9 Å². The van der Waals surface area contributed by atoms with Crippen molar-refractivity contribution >= 4 is 0 Å². The van der Waals surface area contributed by atoms with Crippen molar-refractivity contribution in [1.82, 2.24) is 19.8 Å². The average molecular weight is 380 g/mol. The van der Waals surface area contributed by atoms with Crippen LogP contribution >= 0.6 is 0 Å². The van der Waals surface area contributed by atoms with Crippen LogP contribution < -0.4 is 9.47 Å². The van der Waals surface area contributed by atoms with E-state index in [9.17, 15) is 0 Å². The molecule has 1 atom stereocenters. The molecule has 5 rings (SSSR count). The molecular formula is C22H28N4O2. The third-order valence-corrected chi connectivity index (χ3v) is 6.11. The largest absolute Gasteiger partial charge is 0.486 e. The van der Waals surface area contributed by atoms with Crippen molar-refractivity contribution < 1.29 is 9.47 Å². The quantitative estimate of drug-likeness (QED) is 0.816. The summed E-state index contributed by atoms with van der Waals surface area (Å²) in [6, 6.07) is 6.66. The summed E-state index contributed by atoms with van der Waals surface area (Å²) in [7, 11) is 2.20. The second-order valence-corrected chi connectivity index (χ2v) is 8.13. The van der Waals surface area contributed by atoms with Crippen LogP contribution in [-0.2, 0) is 19.5 Å². The molecule has 2 aromatic rings. The van der Waals surface area contributed by atoms with Gasteiger partial charge in [0.1, 0.15) is 19.0 Å². The van der Waals surface area contributed by atoms with Crippen LogP contribution in [0.15, 0.2) is 24.4 Å². The normalized spacial score (nSPS) is 22.7. The fourth-order valence-electron chi connectivity index (χ4n) is 4.53. The summed E-state index contributed by atoms with van der Waals surface area (Å²) in [4.78, 5) is 14.6. The van der Waals surface area contributed by atoms with Gasteiger partial charge in [0.25, 0.3) is 0 Å². The van der Waals surface area contributed by atoms with Crippen molar-refractivity contribution in [2.24, 2.45) is 0 Å². The Bertz CT molecular complexity index is 856. The lowest BCUT2D eigenvalue weighted by molar-refractivity contribution is 0.170. The zero-order chi connectivity index (χ0) is 18.9. The Morgan fingerprint density at radius 3 is 2.89 bits per heavy atom. The molecule has 0 bridgehead atoms. The molecular weight excluding hydrogens is 352 g/mol. The number of nitrogens with zero attached hydrogens (tertiary/aromatic N) is 4. The van der Waals surface area contributed by atoms with Crippen LogP contribution in [0.3, 0.4) is 0 Å². The van der Waals surface area contributed by atoms with Gasteiger partial charge in [-0.1, -0.05) is 12.5 Å². The molecule has 3 aliphatic heterocycles. The first kappa shape index (κ1) is 17.9. The summed E-state index contributed by atoms with van der Waals surface area (Å²) in [6.45, 7) is 5.25. The molecule has 0 radical (unpaired) electrons. The highest BCUT2D eigenvalue weighted by atomic mass is 16.6. The molecule has 0 amide bonds. The first-order valence-corrected chi connectivity index (χ1v) is 10.4. The minimum Gasteiger partial charge on any atom is -0.486 e. The standard InChI is InChI=1S/C22H28N4O2/c1-25-8-3-2-4-19(25)22-23-13-17-15-26(9-7-18(17)24-22)14-16-5-6-20-21(12-16)28-11-10-27-20/h5-6,12-13,19H,2-4,7-11,14-15H2,1H3. The summed E-state index contributed by atoms with van der Waals surface area (Å²) in [6.07, 6.45) is 6.79. The Labute approximate surface area is 166 Å². The number of fused-ring (bicyclic) bond motifs is 2. The lowest BCUT2D eigenvalue weighted by atomic mass is 10.0. The average Bonchev–Trinajstić information content (AvgIpc) is 2.74. The van der Waals surface area contributed by atoms with E-state index in [4.69, 9.17) is 19.4 Å². The Morgan fingerprint density at radius 1 is 1.11 bits per heavy atom. The van der Waals surface area contributed by atoms with Crippen LogP contribution in [0.25, 0.3) is 0 Å². The van der Waals surface area contributed by atoms with E-state index in [1.165, 1.54) is 36.1 Å². The molecule has 1 unspecified atom stereocenters. The predicted octanol–water partition coefficient (Wildman–Crippen LogP) is 2.96. The van der Waals surface area contributed by atoms with Crippen LogP contribution in [0.1, 0.15) is 47.9 Å². The number of likely N-dealkylation sites (tertiary alicyclic amines) is 1. The van der Waals surface area contributed by atoms with Crippen molar-refractivity contribution in [3.63, 3.8) is 0 Å². The SMILES string of the molecule is CN1CCCCC1c1ncc2c(n1)CCN(Cc1ccc3c(c1)OCCO3)C2. The molecule has 6 heteroatoms. The molecule has 28 heavy (non-hydrogen) atoms. The maximum atomic E-state index is 5.72. The maximum absolute atomic E-state index is 5.72. The molecule has 0 aliphatic carbocycles. The van der Waals surface area contributed by atoms with Crippen molar-refractivity contribution in [3.8, 4) is 11.5 Å². The number of rotatable bonds is 3. The number of hydrogen-bond acceptors (Lipinski definition) is 6. The molecule has 0 saturated carbocycles. The number of aromatic nitrogens is 2. The van der Waals surface area contributed by atoms with Crippen LogP contribution in [0.4, 0.5) is 0 Å². The van der Waals surface area contributed by atoms with Gasteiger partial charge in [-0.05, 0) is 44.1 Å². The predicted molar refractivity (Wildman–Crippen MR) is 107 cm³/mol. The van der Waals surface area contributed by atoms with E-state index < -0.39 is 0 Å². The lowest BCUT2D eigenvalue weighted by Gasteiger charge is -2.33. The second-order valence-electron chi connectivity index (χ2n) is 8.13. The van der Waals surface area contributed by atoms with Crippen molar-refractivity contribution in [2.75, 3.05) is 33.4 Å². The number of ether oxygens (including phenoxy) is 2. The molecule has 1 aromatic heterocycles. The minimum atomic E-state index is 0.384. The molecule has 4 heterocycles. The Hall–Kier alpha value is -2.18. The summed E-state index contributed by atoms with van der Waals surface area (Å²) in [5.41, 5.74) is 3.77. The molecule has 1 aromatic carbocycles. The lowest BCUT2D eigenvalue weighted by Crippen LogP contribution is -2.33. The van der Waals surface area contributed by atoms with E-state index in [1.54, 1.807) is 0 Å². The smallest absolute Gasteiger partial charge is 0.161 e. The molecule has 0 N–H and O–H groups in total. The monoisotopic (exact) mass is 380 g/mol. The van der Waals surface area contributed by atoms with E-state index in [0.29, 0.717) is 19.3 Å². The number of hydrogen-bond donors (Lipinski definition) is 0. The first-order valence-electron chi connectivity index (χ1n) is 10.4. The fourth-order valence-corrected chi connectivity index (χ4v) is 4.53. The summed E-state index contributed by atoms with van der Waals surface area (Å²) < 4.78 is 11.3. The highest BCUT2D eigenvalue weighted by Crippen LogP contribution is 2.32. The van der Waals surface area contributed by atoms with Crippen LogP contribution in [-0.4, -0.2) is 53.1 Å². The molecule has 1 saturated heterocycles. The van der Waals surface area contributed by atoms with Gasteiger partial charge in [-0.25, -0.2) is 9.97 Å². The molecule has 6 nitrogen and oxygen atoms in total. The second kappa shape index (κ2) is 7.68. The van der Waals surface area contributed by atoms with Crippen LogP contribution in [0, 0.1) is 0 Å². The van der Waals surface area contributed by atoms with Gasteiger partial charge in [0.15, 0.2) is 11.5 Å². The minimum absolute atomic E-state index is 0.384. The van der Waals surface area contributed by atoms with E-state index in [2.05, 4.69) is 35.2 Å². The third kappa shape index (κ3) is 3.59. The molecule has 0 spiro atoms. The first-order chi connectivity index (χ1) is 13.8. The van der Waals surface area contributed by atoms with Gasteiger partial charge < -0.3 is 9.47 Å². The van der Waals surface area contributed by atoms with Gasteiger partial charge in [0.05, 0.1) is 6.04 Å². The van der Waals surface area contributed by atoms with Crippen LogP contribution in [0.5, 0.6) is 11.5 Å². The molecule has 3 aliphatic rings. The summed E-state index contributed by atoms with van der Waals surface area (Å²) in [5, 5.41) is 0. The highest BCUT2D eigenvalue weighted by Gasteiger charge is 2.25. The third-order valence-electron chi connectivity index (χ3n) is 6.11. The summed E-state index contributed by atoms with van der Waals surface area (Å²) in [5.74, 6) is 2.74. The maximum Gasteiger partial charge on any atom is 0.161 e. The number of piperidine rings is 1. The fraction of sp³-hybridized carbons (Fsp3) is 0.545. The Kier molecular flexibility index (Phi) is 4.91. The van der Waals surface area contributed by atoms with E-state index >= 15 is 0 Å². The summed E-state index contributed by atoms with van der Waals surface area (Å²) >= 11 is 0. The zero-order valence-electron chi connectivity index (χ0n) is 16.6. The van der Waals surface area contributed by atoms with Crippen LogP contribution in [0.2, 0.25) is 0 Å². The van der Waals surface area contributed by atoms with Gasteiger partial charge >= 0.3 is 0 Å². The Balaban J connectivity index is 1.28. The van der Waals surface area contributed by atoms with Gasteiger partial charge in [-0.3, -0.25) is 9.80 Å². The van der Waals surface area contributed by atoms with Crippen molar-refractivity contribution in [3.05, 3.63) is 47.0 Å². The van der Waals surface area contributed by atoms with Crippen molar-refractivity contribution in [2.45, 2.75) is 44.8 Å². The number of benzene rings is 1. The topological polar surface area (TPSA) is 50.7 Å². The van der Waals surface area contributed by atoms with E-state index in [1.807, 2.05) is 6.07 Å². The highest BCUT2D eigenvalue weighted by molar-refractivity contribution is 5.43. The van der Waals surface area contributed by atoms with Gasteiger partial charge in [0, 0.05) is 43.5 Å². The van der Waals surface area contributed by atoms with E-state index in [-0.39, 0.29) is 0 Å². The zero-order valence-corrected chi connectivity index (χ0v) is 16.6. The molecule has 148 valence electrons. The van der Waals surface area contributed by atoms with Gasteiger partial charge in [0.2, 0.25) is 0 Å². The Morgan fingerprint density at radius 2 is 2.00 bits per heavy atom.